The summed E-state index contributed by atoms with van der Waals surface area (Å²) in [5.41, 5.74) is 1.05. The minimum atomic E-state index is -0.630. The van der Waals surface area contributed by atoms with Gasteiger partial charge in [-0.3, -0.25) is 4.79 Å². The zero-order valence-electron chi connectivity index (χ0n) is 11.2. The van der Waals surface area contributed by atoms with E-state index in [4.69, 9.17) is 5.26 Å². The van der Waals surface area contributed by atoms with Gasteiger partial charge in [0, 0.05) is 0 Å². The van der Waals surface area contributed by atoms with Crippen LogP contribution in [0.5, 0.6) is 0 Å². The predicted molar refractivity (Wildman–Crippen MR) is 73.2 cm³/mol. The molecule has 4 heteroatoms. The van der Waals surface area contributed by atoms with E-state index in [0.29, 0.717) is 12.8 Å². The van der Waals surface area contributed by atoms with Gasteiger partial charge < -0.3 is 10.4 Å². The number of rotatable bonds is 7. The third kappa shape index (κ3) is 5.11. The van der Waals surface area contributed by atoms with Crippen LogP contribution in [-0.4, -0.2) is 23.7 Å². The Hall–Kier alpha value is -1.86. The van der Waals surface area contributed by atoms with Crippen LogP contribution in [0.4, 0.5) is 0 Å². The Labute approximate surface area is 114 Å². The molecule has 0 aromatic heterocycles. The Morgan fingerprint density at radius 1 is 1.42 bits per heavy atom. The molecule has 0 aliphatic heterocycles. The van der Waals surface area contributed by atoms with Crippen LogP contribution in [0.15, 0.2) is 30.3 Å². The summed E-state index contributed by atoms with van der Waals surface area (Å²) in [6.07, 6.45) is 1.90. The highest BCUT2D eigenvalue weighted by molar-refractivity contribution is 5.81. The van der Waals surface area contributed by atoms with Gasteiger partial charge in [0.05, 0.1) is 18.7 Å². The monoisotopic (exact) mass is 260 g/mol. The lowest BCUT2D eigenvalue weighted by Gasteiger charge is -2.18. The summed E-state index contributed by atoms with van der Waals surface area (Å²) in [5.74, 6) is -0.922. The van der Waals surface area contributed by atoms with Crippen LogP contribution < -0.4 is 5.32 Å². The van der Waals surface area contributed by atoms with Crippen LogP contribution in [0.3, 0.4) is 0 Å². The highest BCUT2D eigenvalue weighted by Crippen LogP contribution is 2.07. The highest BCUT2D eigenvalue weighted by Gasteiger charge is 2.20. The molecule has 4 nitrogen and oxygen atoms in total. The van der Waals surface area contributed by atoms with E-state index in [1.165, 1.54) is 0 Å². The predicted octanol–water partition coefficient (Wildman–Crippen LogP) is 1.65. The molecule has 0 saturated heterocycles. The maximum atomic E-state index is 11.9. The number of nitrogens with one attached hydrogen (secondary N) is 1. The molecule has 102 valence electrons. The standard InChI is InChI=1S/C15H20N2O2/c1-2-6-13(10-16)15(19)17-14(11-18)9-12-7-4-3-5-8-12/h3-5,7-8,13-14,18H,2,6,9,11H2,1H3,(H,17,19). The van der Waals surface area contributed by atoms with Crippen molar-refractivity contribution in [1.82, 2.24) is 5.32 Å². The minimum absolute atomic E-state index is 0.134. The summed E-state index contributed by atoms with van der Waals surface area (Å²) < 4.78 is 0. The van der Waals surface area contributed by atoms with Gasteiger partial charge in [0.15, 0.2) is 0 Å². The zero-order chi connectivity index (χ0) is 14.1. The van der Waals surface area contributed by atoms with Gasteiger partial charge in [0.1, 0.15) is 5.92 Å². The van der Waals surface area contributed by atoms with Crippen molar-refractivity contribution in [2.45, 2.75) is 32.2 Å². The molecule has 1 amide bonds. The van der Waals surface area contributed by atoms with Crippen LogP contribution in [0.25, 0.3) is 0 Å². The van der Waals surface area contributed by atoms with Gasteiger partial charge in [0.2, 0.25) is 5.91 Å². The molecule has 0 heterocycles. The fraction of sp³-hybridized carbons (Fsp3) is 0.467. The number of aliphatic hydroxyl groups excluding tert-OH is 1. The summed E-state index contributed by atoms with van der Waals surface area (Å²) in [6, 6.07) is 11.3. The number of benzene rings is 1. The van der Waals surface area contributed by atoms with Gasteiger partial charge in [-0.2, -0.15) is 5.26 Å². The largest absolute Gasteiger partial charge is 0.394 e. The molecular weight excluding hydrogens is 240 g/mol. The zero-order valence-corrected chi connectivity index (χ0v) is 11.2. The molecule has 0 bridgehead atoms. The first-order valence-corrected chi connectivity index (χ1v) is 6.56. The van der Waals surface area contributed by atoms with Gasteiger partial charge in [-0.1, -0.05) is 43.7 Å². The number of carbonyl (C=O) groups excluding carboxylic acids is 1. The van der Waals surface area contributed by atoms with E-state index >= 15 is 0 Å². The lowest BCUT2D eigenvalue weighted by Crippen LogP contribution is -2.42. The summed E-state index contributed by atoms with van der Waals surface area (Å²) in [6.45, 7) is 1.80. The SMILES string of the molecule is CCCC(C#N)C(=O)NC(CO)Cc1ccccc1. The van der Waals surface area contributed by atoms with Gasteiger partial charge in [-0.05, 0) is 18.4 Å². The van der Waals surface area contributed by atoms with Crippen molar-refractivity contribution < 1.29 is 9.90 Å². The van der Waals surface area contributed by atoms with Crippen LogP contribution in [0, 0.1) is 17.2 Å². The first-order chi connectivity index (χ1) is 9.21. The Morgan fingerprint density at radius 2 is 2.11 bits per heavy atom. The van der Waals surface area contributed by atoms with Crippen molar-refractivity contribution in [3.8, 4) is 6.07 Å². The van der Waals surface area contributed by atoms with E-state index in [2.05, 4.69) is 5.32 Å². The number of hydrogen-bond donors (Lipinski definition) is 2. The third-order valence-corrected chi connectivity index (χ3v) is 2.94. The van der Waals surface area contributed by atoms with Gasteiger partial charge in [-0.15, -0.1) is 0 Å². The second-order valence-corrected chi connectivity index (χ2v) is 4.55. The molecule has 2 N–H and O–H groups in total. The van der Waals surface area contributed by atoms with Crippen molar-refractivity contribution in [2.75, 3.05) is 6.61 Å². The molecule has 0 radical (unpaired) electrons. The second-order valence-electron chi connectivity index (χ2n) is 4.55. The molecule has 0 aliphatic carbocycles. The second kappa shape index (κ2) is 8.28. The van der Waals surface area contributed by atoms with E-state index in [1.54, 1.807) is 0 Å². The number of amides is 1. The summed E-state index contributed by atoms with van der Waals surface area (Å²) in [5, 5.41) is 21.0. The van der Waals surface area contributed by atoms with E-state index in [0.717, 1.165) is 12.0 Å². The molecule has 0 spiro atoms. The lowest BCUT2D eigenvalue weighted by atomic mass is 10.0. The molecule has 1 aromatic rings. The van der Waals surface area contributed by atoms with Gasteiger partial charge in [0.25, 0.3) is 0 Å². The number of nitriles is 1. The first kappa shape index (κ1) is 15.2. The molecule has 1 aromatic carbocycles. The Kier molecular flexibility index (Phi) is 6.62. The highest BCUT2D eigenvalue weighted by atomic mass is 16.3. The van der Waals surface area contributed by atoms with Gasteiger partial charge >= 0.3 is 0 Å². The van der Waals surface area contributed by atoms with Crippen LogP contribution in [0.1, 0.15) is 25.3 Å². The Bertz CT molecular complexity index is 426. The molecule has 0 fully saturated rings. The number of hydrogen-bond acceptors (Lipinski definition) is 3. The fourth-order valence-corrected chi connectivity index (χ4v) is 1.90. The van der Waals surface area contributed by atoms with Gasteiger partial charge in [-0.25, -0.2) is 0 Å². The average molecular weight is 260 g/mol. The number of aliphatic hydroxyl groups is 1. The summed E-state index contributed by atoms with van der Waals surface area (Å²) in [7, 11) is 0. The average Bonchev–Trinajstić information content (AvgIpc) is 2.44. The van der Waals surface area contributed by atoms with Crippen molar-refractivity contribution in [3.63, 3.8) is 0 Å². The van der Waals surface area contributed by atoms with Crippen LogP contribution in [0.2, 0.25) is 0 Å². The maximum absolute atomic E-state index is 11.9. The number of nitrogens with zero attached hydrogens (tertiary/aromatic N) is 1. The number of carbonyl (C=O) groups is 1. The van der Waals surface area contributed by atoms with E-state index < -0.39 is 5.92 Å². The Morgan fingerprint density at radius 3 is 2.63 bits per heavy atom. The molecule has 0 saturated carbocycles. The third-order valence-electron chi connectivity index (χ3n) is 2.94. The normalized spacial score (nSPS) is 13.3. The van der Waals surface area contributed by atoms with Crippen molar-refractivity contribution in [2.24, 2.45) is 5.92 Å². The fourth-order valence-electron chi connectivity index (χ4n) is 1.90. The molecule has 19 heavy (non-hydrogen) atoms. The van der Waals surface area contributed by atoms with E-state index in [-0.39, 0.29) is 18.6 Å². The molecule has 2 atom stereocenters. The summed E-state index contributed by atoms with van der Waals surface area (Å²) >= 11 is 0. The van der Waals surface area contributed by atoms with Crippen molar-refractivity contribution in [1.29, 1.82) is 5.26 Å². The lowest BCUT2D eigenvalue weighted by molar-refractivity contribution is -0.124. The quantitative estimate of drug-likeness (QED) is 0.783. The van der Waals surface area contributed by atoms with Crippen LogP contribution >= 0.6 is 0 Å². The molecule has 0 aliphatic rings. The first-order valence-electron chi connectivity index (χ1n) is 6.56. The molecule has 1 rings (SSSR count). The van der Waals surface area contributed by atoms with Crippen molar-refractivity contribution in [3.05, 3.63) is 35.9 Å². The summed E-state index contributed by atoms with van der Waals surface area (Å²) in [4.78, 5) is 11.9. The minimum Gasteiger partial charge on any atom is -0.394 e. The smallest absolute Gasteiger partial charge is 0.237 e. The Balaban J connectivity index is 2.57. The maximum Gasteiger partial charge on any atom is 0.237 e. The topological polar surface area (TPSA) is 73.1 Å². The van der Waals surface area contributed by atoms with Crippen LogP contribution in [-0.2, 0) is 11.2 Å². The van der Waals surface area contributed by atoms with Crippen molar-refractivity contribution >= 4 is 5.91 Å². The van der Waals surface area contributed by atoms with E-state index in [9.17, 15) is 9.90 Å². The molecule has 2 unspecified atom stereocenters. The molecular formula is C15H20N2O2. The van der Waals surface area contributed by atoms with E-state index in [1.807, 2.05) is 43.3 Å².